The van der Waals surface area contributed by atoms with Crippen LogP contribution in [0.3, 0.4) is 0 Å². The Bertz CT molecular complexity index is 143. The summed E-state index contributed by atoms with van der Waals surface area (Å²) in [4.78, 5) is 0. The topological polar surface area (TPSA) is 0 Å². The van der Waals surface area contributed by atoms with Crippen LogP contribution in [0, 0.1) is 0 Å². The first-order valence-electron chi connectivity index (χ1n) is 5.79. The Morgan fingerprint density at radius 2 is 1.79 bits per heavy atom. The monoisotopic (exact) mass is 376 g/mol. The summed E-state index contributed by atoms with van der Waals surface area (Å²) in [7, 11) is 0. The van der Waals surface area contributed by atoms with E-state index in [2.05, 4.69) is 35.9 Å². The number of halogens is 1. The molecule has 0 rings (SSSR count). The minimum atomic E-state index is 0.138. The summed E-state index contributed by atoms with van der Waals surface area (Å²) in [5, 5.41) is 0. The maximum absolute atomic E-state index is 3.70. The molecule has 0 saturated heterocycles. The third-order valence-corrected chi connectivity index (χ3v) is 6.63. The molecule has 0 N–H and O–H groups in total. The van der Waals surface area contributed by atoms with Crippen molar-refractivity contribution in [2.24, 2.45) is 0 Å². The van der Waals surface area contributed by atoms with Crippen molar-refractivity contribution >= 4 is 36.9 Å². The molecule has 0 aromatic rings. The Hall–Kier alpha value is 1.01. The normalized spacial score (nSPS) is 12.1. The van der Waals surface area contributed by atoms with Crippen LogP contribution >= 0.6 is 15.9 Å². The molecule has 0 heterocycles. The summed E-state index contributed by atoms with van der Waals surface area (Å²) in [6.45, 7) is 4.54. The van der Waals surface area contributed by atoms with Crippen LogP contribution in [0.1, 0.15) is 58.8 Å². The zero-order valence-electron chi connectivity index (χ0n) is 9.52. The Balaban J connectivity index is 3.27. The maximum atomic E-state index is 3.70. The molecular formula is C12H23BrTe. The van der Waals surface area contributed by atoms with E-state index in [1.807, 2.05) is 0 Å². The van der Waals surface area contributed by atoms with Crippen molar-refractivity contribution in [3.63, 3.8) is 0 Å². The molecule has 84 valence electrons. The molecule has 0 fully saturated rings. The zero-order valence-corrected chi connectivity index (χ0v) is 13.4. The van der Waals surface area contributed by atoms with Crippen molar-refractivity contribution in [2.75, 3.05) is 0 Å². The number of hydrogen-bond acceptors (Lipinski definition) is 0. The minimum absolute atomic E-state index is 0.138. The van der Waals surface area contributed by atoms with Crippen LogP contribution in [0.5, 0.6) is 0 Å². The molecule has 0 aliphatic heterocycles. The molecule has 14 heavy (non-hydrogen) atoms. The van der Waals surface area contributed by atoms with E-state index in [0.29, 0.717) is 0 Å². The molecule has 0 aliphatic rings. The molecule has 0 spiro atoms. The van der Waals surface area contributed by atoms with Gasteiger partial charge in [-0.15, -0.1) is 0 Å². The standard InChI is InChI=1S/C12H23BrTe/c1-3-5-7-8-9-10-12(13)14-11-6-4-2/h10H,3-9,11H2,1-2H3/b12-10+. The van der Waals surface area contributed by atoms with Crippen LogP contribution in [-0.2, 0) is 0 Å². The molecule has 0 bridgehead atoms. The first-order valence-corrected chi connectivity index (χ1v) is 9.40. The average Bonchev–Trinajstić information content (AvgIpc) is 2.18. The summed E-state index contributed by atoms with van der Waals surface area (Å²) in [5.41, 5.74) is 0. The van der Waals surface area contributed by atoms with E-state index in [0.717, 1.165) is 0 Å². The summed E-state index contributed by atoms with van der Waals surface area (Å²) < 4.78 is 3.01. The predicted octanol–water partition coefficient (Wildman–Crippen LogP) is 5.12. The van der Waals surface area contributed by atoms with E-state index in [1.165, 1.54) is 49.4 Å². The van der Waals surface area contributed by atoms with Gasteiger partial charge in [-0.1, -0.05) is 0 Å². The number of rotatable bonds is 9. The van der Waals surface area contributed by atoms with Gasteiger partial charge in [0.15, 0.2) is 0 Å². The van der Waals surface area contributed by atoms with Gasteiger partial charge < -0.3 is 0 Å². The van der Waals surface area contributed by atoms with Crippen LogP contribution < -0.4 is 0 Å². The van der Waals surface area contributed by atoms with Gasteiger partial charge in [-0.05, 0) is 0 Å². The average molecular weight is 375 g/mol. The molecule has 0 amide bonds. The van der Waals surface area contributed by atoms with Crippen molar-refractivity contribution in [1.82, 2.24) is 0 Å². The molecule has 0 atom stereocenters. The van der Waals surface area contributed by atoms with Gasteiger partial charge in [0.25, 0.3) is 0 Å². The third kappa shape index (κ3) is 11.1. The Morgan fingerprint density at radius 1 is 1.07 bits per heavy atom. The molecule has 0 unspecified atom stereocenters. The van der Waals surface area contributed by atoms with Crippen molar-refractivity contribution in [1.29, 1.82) is 0 Å². The van der Waals surface area contributed by atoms with Gasteiger partial charge in [-0.25, -0.2) is 0 Å². The van der Waals surface area contributed by atoms with Crippen LogP contribution in [0.15, 0.2) is 8.61 Å². The molecule has 0 aliphatic carbocycles. The second kappa shape index (κ2) is 12.1. The molecular weight excluding hydrogens is 352 g/mol. The van der Waals surface area contributed by atoms with Crippen LogP contribution in [-0.4, -0.2) is 20.9 Å². The van der Waals surface area contributed by atoms with Crippen LogP contribution in [0.2, 0.25) is 4.47 Å². The van der Waals surface area contributed by atoms with E-state index in [9.17, 15) is 0 Å². The fourth-order valence-corrected chi connectivity index (χ4v) is 4.94. The second-order valence-electron chi connectivity index (χ2n) is 3.56. The van der Waals surface area contributed by atoms with Gasteiger partial charge in [0, 0.05) is 0 Å². The predicted molar refractivity (Wildman–Crippen MR) is 71.2 cm³/mol. The fraction of sp³-hybridized carbons (Fsp3) is 0.833. The van der Waals surface area contributed by atoms with E-state index >= 15 is 0 Å². The van der Waals surface area contributed by atoms with Crippen molar-refractivity contribution < 1.29 is 0 Å². The van der Waals surface area contributed by atoms with Crippen molar-refractivity contribution in [3.05, 3.63) is 8.61 Å². The van der Waals surface area contributed by atoms with E-state index in [4.69, 9.17) is 0 Å². The molecule has 0 saturated carbocycles. The van der Waals surface area contributed by atoms with Crippen molar-refractivity contribution in [3.8, 4) is 0 Å². The fourth-order valence-electron chi connectivity index (χ4n) is 1.16. The molecule has 2 heteroatoms. The quantitative estimate of drug-likeness (QED) is 0.388. The zero-order chi connectivity index (χ0) is 10.6. The number of unbranched alkanes of at least 4 members (excludes halogenated alkanes) is 5. The molecule has 0 nitrogen and oxygen atoms in total. The van der Waals surface area contributed by atoms with Gasteiger partial charge in [0.2, 0.25) is 0 Å². The summed E-state index contributed by atoms with van der Waals surface area (Å²) in [5.74, 6) is 0. The summed E-state index contributed by atoms with van der Waals surface area (Å²) >= 11 is 3.83. The third-order valence-electron chi connectivity index (χ3n) is 2.10. The van der Waals surface area contributed by atoms with Gasteiger partial charge in [-0.2, -0.15) is 0 Å². The molecule has 0 radical (unpaired) electrons. The van der Waals surface area contributed by atoms with Gasteiger partial charge in [-0.3, -0.25) is 0 Å². The number of allylic oxidation sites excluding steroid dienone is 1. The molecule has 0 aromatic carbocycles. The van der Waals surface area contributed by atoms with E-state index in [1.54, 1.807) is 2.53 Å². The molecule has 0 aromatic heterocycles. The van der Waals surface area contributed by atoms with E-state index < -0.39 is 0 Å². The Morgan fingerprint density at radius 3 is 2.43 bits per heavy atom. The Kier molecular flexibility index (Phi) is 13.0. The summed E-state index contributed by atoms with van der Waals surface area (Å²) in [6.07, 6.45) is 12.0. The van der Waals surface area contributed by atoms with Crippen LogP contribution in [0.25, 0.3) is 0 Å². The second-order valence-corrected chi connectivity index (χ2v) is 9.29. The SMILES string of the molecule is CCCCCC/C=C(\Br)[Te]CCCC. The Labute approximate surface area is 108 Å². The van der Waals surface area contributed by atoms with Gasteiger partial charge in [0.05, 0.1) is 0 Å². The first kappa shape index (κ1) is 15.0. The number of hydrogen-bond donors (Lipinski definition) is 0. The first-order chi connectivity index (χ1) is 6.81. The van der Waals surface area contributed by atoms with Gasteiger partial charge >= 0.3 is 109 Å². The van der Waals surface area contributed by atoms with Crippen molar-refractivity contribution in [2.45, 2.75) is 63.3 Å². The van der Waals surface area contributed by atoms with E-state index in [-0.39, 0.29) is 20.9 Å². The van der Waals surface area contributed by atoms with Crippen LogP contribution in [0.4, 0.5) is 0 Å². The van der Waals surface area contributed by atoms with Gasteiger partial charge in [0.1, 0.15) is 0 Å². The summed E-state index contributed by atoms with van der Waals surface area (Å²) in [6, 6.07) is 0.